The van der Waals surface area contributed by atoms with E-state index < -0.39 is 35.0 Å². The summed E-state index contributed by atoms with van der Waals surface area (Å²) < 4.78 is 23.7. The van der Waals surface area contributed by atoms with Crippen molar-refractivity contribution in [3.05, 3.63) is 65.3 Å². The van der Waals surface area contributed by atoms with Crippen molar-refractivity contribution in [1.29, 1.82) is 0 Å². The van der Waals surface area contributed by atoms with Crippen molar-refractivity contribution in [2.75, 3.05) is 19.1 Å². The monoisotopic (exact) mass is 347 g/mol. The first-order valence-electron chi connectivity index (χ1n) is 6.99. The lowest BCUT2D eigenvalue weighted by Gasteiger charge is -2.24. The first kappa shape index (κ1) is 17.9. The number of allylic oxidation sites excluding steroid dienone is 2. The minimum absolute atomic E-state index is 0.209. The van der Waals surface area contributed by atoms with Gasteiger partial charge in [0.05, 0.1) is 31.0 Å². The second-order valence-corrected chi connectivity index (χ2v) is 4.76. The summed E-state index contributed by atoms with van der Waals surface area (Å²) in [5, 5.41) is 9.34. The number of aromatic carboxylic acids is 1. The number of carboxylic acid groups (broad SMARTS) is 1. The van der Waals surface area contributed by atoms with Crippen LogP contribution in [0, 0.1) is 5.82 Å². The number of carbonyl (C=O) groups excluding carboxylic acids is 2. The third-order valence-electron chi connectivity index (χ3n) is 3.35. The van der Waals surface area contributed by atoms with Crippen LogP contribution in [-0.2, 0) is 19.1 Å². The molecule has 0 saturated carbocycles. The first-order chi connectivity index (χ1) is 11.9. The van der Waals surface area contributed by atoms with Crippen molar-refractivity contribution in [1.82, 2.24) is 0 Å². The standard InChI is InChI=1S/C17H14FNO6/c1-24-16(22)11-6-3-4-9-19(14(11)17(23)25-2)13-10(15(20)21)7-5-8-12(13)18/h3-9H,1-2H3,(H,20,21). The summed E-state index contributed by atoms with van der Waals surface area (Å²) in [6.45, 7) is 0. The van der Waals surface area contributed by atoms with Crippen molar-refractivity contribution >= 4 is 23.6 Å². The molecule has 0 bridgehead atoms. The lowest BCUT2D eigenvalue weighted by atomic mass is 10.1. The smallest absolute Gasteiger partial charge is 0.355 e. The summed E-state index contributed by atoms with van der Waals surface area (Å²) in [6.07, 6.45) is 5.38. The molecule has 0 atom stereocenters. The molecule has 25 heavy (non-hydrogen) atoms. The third-order valence-corrected chi connectivity index (χ3v) is 3.35. The van der Waals surface area contributed by atoms with Gasteiger partial charge in [-0.15, -0.1) is 0 Å². The van der Waals surface area contributed by atoms with Crippen LogP contribution in [0.15, 0.2) is 53.9 Å². The van der Waals surface area contributed by atoms with Crippen molar-refractivity contribution in [3.63, 3.8) is 0 Å². The van der Waals surface area contributed by atoms with Gasteiger partial charge in [-0.2, -0.15) is 0 Å². The van der Waals surface area contributed by atoms with Gasteiger partial charge in [-0.1, -0.05) is 12.1 Å². The number of ether oxygens (including phenoxy) is 2. The molecule has 0 amide bonds. The quantitative estimate of drug-likeness (QED) is 0.833. The Morgan fingerprint density at radius 1 is 1.08 bits per heavy atom. The predicted molar refractivity (Wildman–Crippen MR) is 85.2 cm³/mol. The van der Waals surface area contributed by atoms with Gasteiger partial charge >= 0.3 is 17.9 Å². The second kappa shape index (κ2) is 7.43. The van der Waals surface area contributed by atoms with E-state index in [1.165, 1.54) is 36.6 Å². The Morgan fingerprint density at radius 2 is 1.76 bits per heavy atom. The van der Waals surface area contributed by atoms with Gasteiger partial charge in [0.15, 0.2) is 0 Å². The van der Waals surface area contributed by atoms with Crippen LogP contribution in [0.5, 0.6) is 0 Å². The van der Waals surface area contributed by atoms with Crippen LogP contribution in [0.4, 0.5) is 10.1 Å². The first-order valence-corrected chi connectivity index (χ1v) is 6.99. The molecule has 1 heterocycles. The van der Waals surface area contributed by atoms with Gasteiger partial charge in [0.25, 0.3) is 0 Å². The number of halogens is 1. The van der Waals surface area contributed by atoms with Crippen LogP contribution in [0.25, 0.3) is 0 Å². The molecule has 0 saturated heterocycles. The Labute approximate surface area is 142 Å². The molecule has 130 valence electrons. The maximum Gasteiger partial charge on any atom is 0.355 e. The molecule has 0 unspecified atom stereocenters. The highest BCUT2D eigenvalue weighted by Crippen LogP contribution is 2.31. The average molecular weight is 347 g/mol. The van der Waals surface area contributed by atoms with Crippen LogP contribution in [0.3, 0.4) is 0 Å². The molecule has 0 aliphatic carbocycles. The number of benzene rings is 1. The van der Waals surface area contributed by atoms with E-state index in [1.54, 1.807) is 0 Å². The number of esters is 2. The highest BCUT2D eigenvalue weighted by molar-refractivity contribution is 6.07. The molecule has 1 N–H and O–H groups in total. The fourth-order valence-electron chi connectivity index (χ4n) is 2.27. The lowest BCUT2D eigenvalue weighted by molar-refractivity contribution is -0.139. The number of para-hydroxylation sites is 1. The van der Waals surface area contributed by atoms with E-state index in [1.807, 2.05) is 0 Å². The van der Waals surface area contributed by atoms with E-state index in [2.05, 4.69) is 9.47 Å². The molecular weight excluding hydrogens is 333 g/mol. The number of hydrogen-bond donors (Lipinski definition) is 1. The van der Waals surface area contributed by atoms with Crippen molar-refractivity contribution in [2.24, 2.45) is 0 Å². The Balaban J connectivity index is 2.81. The normalized spacial score (nSPS) is 13.5. The van der Waals surface area contributed by atoms with E-state index in [0.29, 0.717) is 0 Å². The minimum atomic E-state index is -1.40. The summed E-state index contributed by atoms with van der Waals surface area (Å²) in [5.74, 6) is -4.12. The van der Waals surface area contributed by atoms with Crippen LogP contribution < -0.4 is 4.90 Å². The Morgan fingerprint density at radius 3 is 2.36 bits per heavy atom. The molecule has 0 fully saturated rings. The summed E-state index contributed by atoms with van der Waals surface area (Å²) in [7, 11) is 2.20. The molecule has 1 aliphatic heterocycles. The number of rotatable bonds is 4. The Hall–Kier alpha value is -3.42. The van der Waals surface area contributed by atoms with Crippen molar-refractivity contribution < 1.29 is 33.4 Å². The van der Waals surface area contributed by atoms with Gasteiger partial charge in [-0.25, -0.2) is 18.8 Å². The number of nitrogens with zero attached hydrogens (tertiary/aromatic N) is 1. The van der Waals surface area contributed by atoms with E-state index in [-0.39, 0.29) is 11.3 Å². The molecule has 1 aliphatic rings. The molecule has 2 rings (SSSR count). The van der Waals surface area contributed by atoms with Gasteiger partial charge in [-0.05, 0) is 24.3 Å². The number of anilines is 1. The van der Waals surface area contributed by atoms with Crippen molar-refractivity contribution in [2.45, 2.75) is 0 Å². The number of hydrogen-bond acceptors (Lipinski definition) is 6. The molecule has 1 aromatic rings. The number of carboxylic acids is 1. The van der Waals surface area contributed by atoms with Crippen LogP contribution in [0.2, 0.25) is 0 Å². The zero-order valence-corrected chi connectivity index (χ0v) is 13.4. The molecular formula is C17H14FNO6. The van der Waals surface area contributed by atoms with E-state index in [9.17, 15) is 23.9 Å². The van der Waals surface area contributed by atoms with Gasteiger partial charge in [0.1, 0.15) is 11.5 Å². The lowest BCUT2D eigenvalue weighted by Crippen LogP contribution is -2.28. The molecule has 8 heteroatoms. The van der Waals surface area contributed by atoms with Crippen molar-refractivity contribution in [3.8, 4) is 0 Å². The van der Waals surface area contributed by atoms with Gasteiger partial charge in [0, 0.05) is 6.20 Å². The molecule has 0 spiro atoms. The van der Waals surface area contributed by atoms with E-state index in [0.717, 1.165) is 25.2 Å². The largest absolute Gasteiger partial charge is 0.478 e. The number of carbonyl (C=O) groups is 3. The van der Waals surface area contributed by atoms with E-state index in [4.69, 9.17) is 0 Å². The topological polar surface area (TPSA) is 93.1 Å². The Bertz CT molecular complexity index is 824. The van der Waals surface area contributed by atoms with Crippen LogP contribution in [-0.4, -0.2) is 37.2 Å². The summed E-state index contributed by atoms with van der Waals surface area (Å²) >= 11 is 0. The SMILES string of the molecule is COC(=O)C1=C(C(=O)OC)N(c2c(F)cccc2C(=O)O)C=CC=C1. The van der Waals surface area contributed by atoms with Crippen LogP contribution >= 0.6 is 0 Å². The molecule has 7 nitrogen and oxygen atoms in total. The van der Waals surface area contributed by atoms with Gasteiger partial charge < -0.3 is 19.5 Å². The predicted octanol–water partition coefficient (Wildman–Crippen LogP) is 2.01. The highest BCUT2D eigenvalue weighted by atomic mass is 19.1. The summed E-state index contributed by atoms with van der Waals surface area (Å²) in [4.78, 5) is 36.7. The fraction of sp³-hybridized carbons (Fsp3) is 0.118. The average Bonchev–Trinajstić information content (AvgIpc) is 2.82. The third kappa shape index (κ3) is 3.42. The molecule has 1 aromatic carbocycles. The second-order valence-electron chi connectivity index (χ2n) is 4.76. The van der Waals surface area contributed by atoms with Crippen LogP contribution in [0.1, 0.15) is 10.4 Å². The zero-order valence-electron chi connectivity index (χ0n) is 13.4. The minimum Gasteiger partial charge on any atom is -0.478 e. The van der Waals surface area contributed by atoms with Gasteiger partial charge in [-0.3, -0.25) is 0 Å². The Kier molecular flexibility index (Phi) is 5.33. The highest BCUT2D eigenvalue weighted by Gasteiger charge is 2.31. The molecule has 0 aromatic heterocycles. The summed E-state index contributed by atoms with van der Waals surface area (Å²) in [5.41, 5.74) is -1.38. The maximum absolute atomic E-state index is 14.4. The maximum atomic E-state index is 14.4. The van der Waals surface area contributed by atoms with Gasteiger partial charge in [0.2, 0.25) is 0 Å². The zero-order chi connectivity index (χ0) is 18.6. The van der Waals surface area contributed by atoms with E-state index >= 15 is 0 Å². The fourth-order valence-corrected chi connectivity index (χ4v) is 2.27. The molecule has 0 radical (unpaired) electrons. The number of methoxy groups -OCH3 is 2. The summed E-state index contributed by atoms with van der Waals surface area (Å²) in [6, 6.07) is 3.45.